The number of nitriles is 1. The first-order valence-corrected chi connectivity index (χ1v) is 12.9. The van der Waals surface area contributed by atoms with E-state index < -0.39 is 39.4 Å². The number of hydrogen-bond donors (Lipinski definition) is 2. The highest BCUT2D eigenvalue weighted by molar-refractivity contribution is 7.94. The third kappa shape index (κ3) is 5.84. The lowest BCUT2D eigenvalue weighted by molar-refractivity contribution is -0.116. The molecular formula is C23H29FN2O5S2. The summed E-state index contributed by atoms with van der Waals surface area (Å²) in [5.41, 5.74) is -0.379. The minimum absolute atomic E-state index is 0.107. The Balaban J connectivity index is 2.49. The lowest BCUT2D eigenvalue weighted by atomic mass is 9.84. The first-order valence-electron chi connectivity index (χ1n) is 10.5. The van der Waals surface area contributed by atoms with E-state index in [9.17, 15) is 33.1 Å². The highest BCUT2D eigenvalue weighted by Crippen LogP contribution is 2.34. The van der Waals surface area contributed by atoms with Crippen molar-refractivity contribution in [3.63, 3.8) is 0 Å². The predicted molar refractivity (Wildman–Crippen MR) is 123 cm³/mol. The zero-order valence-corrected chi connectivity index (χ0v) is 21.2. The van der Waals surface area contributed by atoms with Gasteiger partial charge in [-0.1, -0.05) is 27.7 Å². The molecule has 0 aliphatic heterocycles. The van der Waals surface area contributed by atoms with E-state index in [-0.39, 0.29) is 44.3 Å². The van der Waals surface area contributed by atoms with Gasteiger partial charge in [0.1, 0.15) is 32.5 Å². The number of rotatable bonds is 9. The fourth-order valence-corrected chi connectivity index (χ4v) is 6.46. The Morgan fingerprint density at radius 3 is 2.33 bits per heavy atom. The van der Waals surface area contributed by atoms with Crippen LogP contribution in [0.25, 0.3) is 0 Å². The second-order valence-corrected chi connectivity index (χ2v) is 12.3. The van der Waals surface area contributed by atoms with Crippen LogP contribution in [-0.4, -0.2) is 35.2 Å². The summed E-state index contributed by atoms with van der Waals surface area (Å²) in [5, 5.41) is 29.1. The smallest absolute Gasteiger partial charge is 0.196 e. The number of sulfone groups is 1. The molecule has 10 heteroatoms. The van der Waals surface area contributed by atoms with Gasteiger partial charge in [0, 0.05) is 6.42 Å². The van der Waals surface area contributed by atoms with E-state index in [0.717, 1.165) is 0 Å². The molecule has 0 fully saturated rings. The number of carbonyl (C=O) groups is 1. The van der Waals surface area contributed by atoms with E-state index in [4.69, 9.17) is 0 Å². The maximum Gasteiger partial charge on any atom is 0.196 e. The van der Waals surface area contributed by atoms with Gasteiger partial charge in [-0.05, 0) is 48.4 Å². The van der Waals surface area contributed by atoms with Crippen molar-refractivity contribution >= 4 is 27.0 Å². The van der Waals surface area contributed by atoms with Crippen LogP contribution in [-0.2, 0) is 33.3 Å². The van der Waals surface area contributed by atoms with E-state index in [1.165, 1.54) is 19.9 Å². The third-order valence-electron chi connectivity index (χ3n) is 5.11. The van der Waals surface area contributed by atoms with E-state index >= 15 is 0 Å². The maximum atomic E-state index is 15.0. The molecule has 2 aromatic rings. The molecule has 1 aromatic carbocycles. The Bertz CT molecular complexity index is 1200. The zero-order valence-electron chi connectivity index (χ0n) is 19.6. The van der Waals surface area contributed by atoms with Crippen LogP contribution in [0, 0.1) is 17.1 Å². The number of carbonyl (C=O) groups excluding carboxylic acids is 1. The Hall–Kier alpha value is -2.19. The summed E-state index contributed by atoms with van der Waals surface area (Å²) in [6, 6.07) is 3.27. The Morgan fingerprint density at radius 1 is 1.27 bits per heavy atom. The summed E-state index contributed by atoms with van der Waals surface area (Å²) < 4.78 is 40.7. The number of hydrogen-bond acceptors (Lipinski definition) is 8. The lowest BCUT2D eigenvalue weighted by Gasteiger charge is -2.21. The molecule has 0 radical (unpaired) electrons. The van der Waals surface area contributed by atoms with Crippen LogP contribution in [0.2, 0.25) is 0 Å². The van der Waals surface area contributed by atoms with Crippen molar-refractivity contribution in [1.29, 1.82) is 5.26 Å². The Kier molecular flexibility index (Phi) is 8.18. The number of thiazole rings is 1. The summed E-state index contributed by atoms with van der Waals surface area (Å²) in [5.74, 6) is -2.64. The van der Waals surface area contributed by atoms with Crippen molar-refractivity contribution in [1.82, 2.24) is 4.98 Å². The average Bonchev–Trinajstić information content (AvgIpc) is 3.13. The monoisotopic (exact) mass is 496 g/mol. The van der Waals surface area contributed by atoms with E-state index in [1.807, 2.05) is 19.9 Å². The minimum Gasteiger partial charge on any atom is -0.390 e. The van der Waals surface area contributed by atoms with Gasteiger partial charge in [0.2, 0.25) is 0 Å². The Morgan fingerprint density at radius 2 is 1.88 bits per heavy atom. The largest absolute Gasteiger partial charge is 0.390 e. The number of ketones is 1. The predicted octanol–water partition coefficient (Wildman–Crippen LogP) is 3.71. The first kappa shape index (κ1) is 27.1. The van der Waals surface area contributed by atoms with Gasteiger partial charge < -0.3 is 10.2 Å². The summed E-state index contributed by atoms with van der Waals surface area (Å²) in [6.07, 6.45) is -0.311. The van der Waals surface area contributed by atoms with E-state index in [2.05, 4.69) is 4.98 Å². The van der Waals surface area contributed by atoms with Gasteiger partial charge in [-0.2, -0.15) is 5.26 Å². The van der Waals surface area contributed by atoms with Crippen molar-refractivity contribution in [3.8, 4) is 6.07 Å². The van der Waals surface area contributed by atoms with Crippen molar-refractivity contribution in [2.75, 3.05) is 5.75 Å². The highest BCUT2D eigenvalue weighted by Gasteiger charge is 2.31. The highest BCUT2D eigenvalue weighted by atomic mass is 32.2. The molecule has 1 heterocycles. The van der Waals surface area contributed by atoms with Gasteiger partial charge in [0.15, 0.2) is 15.6 Å². The average molecular weight is 497 g/mol. The SMILES string of the molecule is CC(C)c1cc(C#N)c(F)c(C(C)C)c1CC(=O)CS(=O)(=O)c1sc(C(C)(C)O)nc1CO. The number of aromatic nitrogens is 1. The molecule has 2 rings (SSSR count). The van der Waals surface area contributed by atoms with Crippen LogP contribution in [0.3, 0.4) is 0 Å². The summed E-state index contributed by atoms with van der Waals surface area (Å²) >= 11 is 0.712. The molecule has 0 saturated carbocycles. The molecule has 7 nitrogen and oxygen atoms in total. The number of aliphatic hydroxyl groups excluding tert-OH is 1. The molecule has 33 heavy (non-hydrogen) atoms. The molecule has 2 N–H and O–H groups in total. The lowest BCUT2D eigenvalue weighted by Crippen LogP contribution is -2.21. The summed E-state index contributed by atoms with van der Waals surface area (Å²) in [7, 11) is -4.16. The molecule has 0 unspecified atom stereocenters. The molecule has 1 aromatic heterocycles. The minimum atomic E-state index is -4.16. The van der Waals surface area contributed by atoms with Gasteiger partial charge in [-0.25, -0.2) is 17.8 Å². The van der Waals surface area contributed by atoms with Crippen molar-refractivity contribution in [3.05, 3.63) is 44.8 Å². The Labute approximate surface area is 197 Å². The fraction of sp³-hybridized carbons (Fsp3) is 0.522. The standard InChI is InChI=1S/C23H29FN2O5S2/c1-12(2)16-7-14(9-25)20(24)19(13(3)4)17(16)8-15(28)11-33(30,31)21-18(10-27)26-22(32-21)23(5,6)29/h7,12-13,27,29H,8,10-11H2,1-6H3. The molecule has 0 aliphatic carbocycles. The van der Waals surface area contributed by atoms with Gasteiger partial charge in [0.25, 0.3) is 0 Å². The molecular weight excluding hydrogens is 467 g/mol. The molecule has 0 saturated heterocycles. The van der Waals surface area contributed by atoms with Crippen molar-refractivity contribution in [2.45, 2.75) is 76.2 Å². The fourth-order valence-electron chi connectivity index (χ4n) is 3.60. The maximum absolute atomic E-state index is 15.0. The molecule has 180 valence electrons. The summed E-state index contributed by atoms with van der Waals surface area (Å²) in [4.78, 5) is 16.9. The van der Waals surface area contributed by atoms with Crippen molar-refractivity contribution < 1.29 is 27.8 Å². The van der Waals surface area contributed by atoms with Gasteiger partial charge in [-0.3, -0.25) is 4.79 Å². The van der Waals surface area contributed by atoms with Crippen LogP contribution >= 0.6 is 11.3 Å². The van der Waals surface area contributed by atoms with Gasteiger partial charge >= 0.3 is 0 Å². The zero-order chi connectivity index (χ0) is 25.3. The number of aliphatic hydroxyl groups is 2. The van der Waals surface area contributed by atoms with Crippen LogP contribution in [0.5, 0.6) is 0 Å². The van der Waals surface area contributed by atoms with Crippen molar-refractivity contribution in [2.24, 2.45) is 0 Å². The van der Waals surface area contributed by atoms with Crippen LogP contribution < -0.4 is 0 Å². The van der Waals surface area contributed by atoms with Crippen LogP contribution in [0.15, 0.2) is 10.3 Å². The van der Waals surface area contributed by atoms with E-state index in [0.29, 0.717) is 22.5 Å². The van der Waals surface area contributed by atoms with Gasteiger partial charge in [-0.15, -0.1) is 11.3 Å². The molecule has 0 amide bonds. The topological polar surface area (TPSA) is 128 Å². The van der Waals surface area contributed by atoms with E-state index in [1.54, 1.807) is 13.8 Å². The quantitative estimate of drug-likeness (QED) is 0.541. The molecule has 0 spiro atoms. The molecule has 0 atom stereocenters. The summed E-state index contributed by atoms with van der Waals surface area (Å²) in [6.45, 7) is 9.42. The van der Waals surface area contributed by atoms with Crippen LogP contribution in [0.4, 0.5) is 4.39 Å². The number of Topliss-reactive ketones (excluding diaryl/α,β-unsaturated/α-hetero) is 1. The molecule has 0 aliphatic rings. The second kappa shape index (κ2) is 9.97. The second-order valence-electron chi connectivity index (χ2n) is 9.09. The van der Waals surface area contributed by atoms with Gasteiger partial charge in [0.05, 0.1) is 17.9 Å². The number of benzene rings is 1. The third-order valence-corrected chi connectivity index (χ3v) is 8.83. The number of nitrogens with zero attached hydrogens (tertiary/aromatic N) is 2. The van der Waals surface area contributed by atoms with Crippen LogP contribution in [0.1, 0.15) is 86.3 Å². The molecule has 0 bridgehead atoms. The normalized spacial score (nSPS) is 12.4. The number of halogens is 1. The first-order chi connectivity index (χ1) is 15.1.